The number of carbonyl (C=O) groups excluding carboxylic acids is 1. The van der Waals surface area contributed by atoms with E-state index in [4.69, 9.17) is 5.73 Å². The summed E-state index contributed by atoms with van der Waals surface area (Å²) in [4.78, 5) is 16.0. The highest BCUT2D eigenvalue weighted by Gasteiger charge is 2.21. The van der Waals surface area contributed by atoms with Crippen LogP contribution < -0.4 is 11.1 Å². The summed E-state index contributed by atoms with van der Waals surface area (Å²) in [5.41, 5.74) is 6.54. The predicted molar refractivity (Wildman–Crippen MR) is 69.5 cm³/mol. The van der Waals surface area contributed by atoms with Crippen molar-refractivity contribution in [3.8, 4) is 0 Å². The number of nitrogens with zero attached hydrogens (tertiary/aromatic N) is 1. The fourth-order valence-electron chi connectivity index (χ4n) is 1.17. The Morgan fingerprint density at radius 2 is 1.82 bits per heavy atom. The fourth-order valence-corrected chi connectivity index (χ4v) is 1.17. The number of nitrogens with two attached hydrogens (primary N) is 1. The Morgan fingerprint density at radius 3 is 2.18 bits per heavy atom. The standard InChI is InChI=1S/C13H21N3O/c1-12(2,3)11(17)16-9-6-7-10(15-8-9)13(4,5)14/h6-8H,14H2,1-5H3,(H,16,17). The van der Waals surface area contributed by atoms with Gasteiger partial charge in [-0.2, -0.15) is 0 Å². The third-order valence-corrected chi connectivity index (χ3v) is 2.36. The minimum atomic E-state index is -0.466. The number of pyridine rings is 1. The van der Waals surface area contributed by atoms with E-state index in [9.17, 15) is 4.79 Å². The van der Waals surface area contributed by atoms with Gasteiger partial charge < -0.3 is 11.1 Å². The fraction of sp³-hybridized carbons (Fsp3) is 0.538. The second-order valence-corrected chi connectivity index (χ2v) is 5.86. The van der Waals surface area contributed by atoms with E-state index in [-0.39, 0.29) is 5.91 Å². The molecule has 1 amide bonds. The highest BCUT2D eigenvalue weighted by Crippen LogP contribution is 2.19. The Labute approximate surface area is 103 Å². The van der Waals surface area contributed by atoms with E-state index < -0.39 is 11.0 Å². The molecule has 3 N–H and O–H groups in total. The lowest BCUT2D eigenvalue weighted by atomic mass is 9.95. The molecule has 0 aliphatic rings. The number of rotatable bonds is 2. The van der Waals surface area contributed by atoms with E-state index in [1.54, 1.807) is 6.20 Å². The van der Waals surface area contributed by atoms with Gasteiger partial charge in [0.2, 0.25) is 5.91 Å². The Balaban J connectivity index is 2.80. The van der Waals surface area contributed by atoms with E-state index in [1.165, 1.54) is 0 Å². The molecule has 4 nitrogen and oxygen atoms in total. The van der Waals surface area contributed by atoms with Crippen molar-refractivity contribution in [3.05, 3.63) is 24.0 Å². The molecule has 0 atom stereocenters. The lowest BCUT2D eigenvalue weighted by Gasteiger charge is -2.20. The third kappa shape index (κ3) is 3.82. The van der Waals surface area contributed by atoms with Crippen molar-refractivity contribution < 1.29 is 4.79 Å². The van der Waals surface area contributed by atoms with Gasteiger partial charge in [0.1, 0.15) is 0 Å². The summed E-state index contributed by atoms with van der Waals surface area (Å²) < 4.78 is 0. The smallest absolute Gasteiger partial charge is 0.229 e. The molecule has 0 unspecified atom stereocenters. The minimum Gasteiger partial charge on any atom is -0.324 e. The van der Waals surface area contributed by atoms with Crippen LogP contribution in [-0.4, -0.2) is 10.9 Å². The molecule has 1 aromatic rings. The maximum absolute atomic E-state index is 11.8. The summed E-state index contributed by atoms with van der Waals surface area (Å²) in [6.45, 7) is 9.39. The van der Waals surface area contributed by atoms with Crippen LogP contribution in [0, 0.1) is 5.41 Å². The number of hydrogen-bond acceptors (Lipinski definition) is 3. The molecule has 0 spiro atoms. The lowest BCUT2D eigenvalue weighted by Crippen LogP contribution is -2.30. The summed E-state index contributed by atoms with van der Waals surface area (Å²) >= 11 is 0. The summed E-state index contributed by atoms with van der Waals surface area (Å²) in [7, 11) is 0. The number of amides is 1. The van der Waals surface area contributed by atoms with Crippen molar-refractivity contribution in [3.63, 3.8) is 0 Å². The molecule has 17 heavy (non-hydrogen) atoms. The molecule has 0 saturated carbocycles. The first-order valence-corrected chi connectivity index (χ1v) is 5.67. The second kappa shape index (κ2) is 4.45. The van der Waals surface area contributed by atoms with Crippen LogP contribution in [0.3, 0.4) is 0 Å². The average molecular weight is 235 g/mol. The number of aromatic nitrogens is 1. The molecule has 4 heteroatoms. The molecule has 0 aromatic carbocycles. The van der Waals surface area contributed by atoms with Crippen LogP contribution in [0.25, 0.3) is 0 Å². The van der Waals surface area contributed by atoms with Crippen LogP contribution in [0.5, 0.6) is 0 Å². The summed E-state index contributed by atoms with van der Waals surface area (Å²) in [5, 5.41) is 2.82. The van der Waals surface area contributed by atoms with Gasteiger partial charge in [0.15, 0.2) is 0 Å². The molecule has 0 saturated heterocycles. The molecule has 1 rings (SSSR count). The van der Waals surface area contributed by atoms with Crippen LogP contribution >= 0.6 is 0 Å². The minimum absolute atomic E-state index is 0.0286. The number of anilines is 1. The van der Waals surface area contributed by atoms with Crippen LogP contribution in [-0.2, 0) is 10.3 Å². The molecule has 0 fully saturated rings. The van der Waals surface area contributed by atoms with Crippen LogP contribution in [0.4, 0.5) is 5.69 Å². The molecule has 94 valence electrons. The van der Waals surface area contributed by atoms with Crippen molar-refractivity contribution in [1.82, 2.24) is 4.98 Å². The lowest BCUT2D eigenvalue weighted by molar-refractivity contribution is -0.123. The van der Waals surface area contributed by atoms with Crippen molar-refractivity contribution in [2.75, 3.05) is 5.32 Å². The van der Waals surface area contributed by atoms with Crippen molar-refractivity contribution in [1.29, 1.82) is 0 Å². The summed E-state index contributed by atoms with van der Waals surface area (Å²) in [6, 6.07) is 3.65. The van der Waals surface area contributed by atoms with Gasteiger partial charge in [0, 0.05) is 5.41 Å². The molecule has 1 heterocycles. The van der Waals surface area contributed by atoms with Crippen molar-refractivity contribution in [2.45, 2.75) is 40.2 Å². The average Bonchev–Trinajstić information content (AvgIpc) is 2.15. The van der Waals surface area contributed by atoms with Gasteiger partial charge in [-0.05, 0) is 26.0 Å². The van der Waals surface area contributed by atoms with Gasteiger partial charge in [-0.15, -0.1) is 0 Å². The quantitative estimate of drug-likeness (QED) is 0.826. The first-order valence-electron chi connectivity index (χ1n) is 5.67. The number of hydrogen-bond donors (Lipinski definition) is 2. The van der Waals surface area contributed by atoms with Crippen molar-refractivity contribution in [2.24, 2.45) is 11.1 Å². The maximum Gasteiger partial charge on any atom is 0.229 e. The predicted octanol–water partition coefficient (Wildman–Crippen LogP) is 2.26. The molecule has 0 aliphatic heterocycles. The Hall–Kier alpha value is -1.42. The first-order chi connectivity index (χ1) is 7.60. The van der Waals surface area contributed by atoms with E-state index in [0.29, 0.717) is 5.69 Å². The summed E-state index contributed by atoms with van der Waals surface area (Å²) in [6.07, 6.45) is 1.63. The second-order valence-electron chi connectivity index (χ2n) is 5.86. The van der Waals surface area contributed by atoms with Gasteiger partial charge in [-0.25, -0.2) is 0 Å². The zero-order valence-corrected chi connectivity index (χ0v) is 11.2. The number of nitrogens with one attached hydrogen (secondary N) is 1. The largest absolute Gasteiger partial charge is 0.324 e. The zero-order valence-electron chi connectivity index (χ0n) is 11.2. The Bertz CT molecular complexity index is 396. The monoisotopic (exact) mass is 235 g/mol. The van der Waals surface area contributed by atoms with Crippen LogP contribution in [0.15, 0.2) is 18.3 Å². The van der Waals surface area contributed by atoms with Crippen LogP contribution in [0.2, 0.25) is 0 Å². The van der Waals surface area contributed by atoms with Crippen LogP contribution in [0.1, 0.15) is 40.3 Å². The molecular formula is C13H21N3O. The molecule has 0 aliphatic carbocycles. The van der Waals surface area contributed by atoms with E-state index in [2.05, 4.69) is 10.3 Å². The SMILES string of the molecule is CC(C)(C)C(=O)Nc1ccc(C(C)(C)N)nc1. The zero-order chi connectivity index (χ0) is 13.3. The highest BCUT2D eigenvalue weighted by atomic mass is 16.2. The van der Waals surface area contributed by atoms with Gasteiger partial charge in [0.05, 0.1) is 23.1 Å². The van der Waals surface area contributed by atoms with Gasteiger partial charge >= 0.3 is 0 Å². The van der Waals surface area contributed by atoms with Gasteiger partial charge in [-0.3, -0.25) is 9.78 Å². The first kappa shape index (κ1) is 13.6. The van der Waals surface area contributed by atoms with E-state index >= 15 is 0 Å². The van der Waals surface area contributed by atoms with E-state index in [0.717, 1.165) is 5.69 Å². The van der Waals surface area contributed by atoms with Crippen molar-refractivity contribution >= 4 is 11.6 Å². The van der Waals surface area contributed by atoms with Gasteiger partial charge in [0.25, 0.3) is 0 Å². The Morgan fingerprint density at radius 1 is 1.24 bits per heavy atom. The highest BCUT2D eigenvalue weighted by molar-refractivity contribution is 5.94. The summed E-state index contributed by atoms with van der Waals surface area (Å²) in [5.74, 6) is -0.0286. The normalized spacial score (nSPS) is 12.4. The molecule has 0 radical (unpaired) electrons. The topological polar surface area (TPSA) is 68.0 Å². The molecule has 0 bridgehead atoms. The maximum atomic E-state index is 11.8. The molecule has 1 aromatic heterocycles. The number of carbonyl (C=O) groups is 1. The third-order valence-electron chi connectivity index (χ3n) is 2.36. The van der Waals surface area contributed by atoms with E-state index in [1.807, 2.05) is 46.8 Å². The van der Waals surface area contributed by atoms with Gasteiger partial charge in [-0.1, -0.05) is 20.8 Å². The Kier molecular flexibility index (Phi) is 3.57. The molecular weight excluding hydrogens is 214 g/mol.